The molecule has 0 rings (SSSR count). The summed E-state index contributed by atoms with van der Waals surface area (Å²) in [6.45, 7) is 0.868. The standard InChI is InChI=1S/C4H5FO3.C2H4O2/c1-3(6)8-4(7)2-5;1-2(3)4/h2H2,1H3;1H3,(H,3,4). The lowest BCUT2D eigenvalue weighted by Crippen LogP contribution is -2.09. The minimum absolute atomic E-state index is 0.785. The van der Waals surface area contributed by atoms with E-state index in [2.05, 4.69) is 4.74 Å². The van der Waals surface area contributed by atoms with E-state index in [1.807, 2.05) is 0 Å². The fraction of sp³-hybridized carbons (Fsp3) is 0.500. The quantitative estimate of drug-likeness (QED) is 0.458. The first-order valence-corrected chi connectivity index (χ1v) is 2.87. The normalized spacial score (nSPS) is 7.58. The third-order valence-electron chi connectivity index (χ3n) is 0.367. The van der Waals surface area contributed by atoms with Crippen LogP contribution in [0, 0.1) is 0 Å². The van der Waals surface area contributed by atoms with Crippen LogP contribution in [0.4, 0.5) is 4.39 Å². The molecule has 0 aliphatic rings. The third-order valence-corrected chi connectivity index (χ3v) is 0.367. The number of esters is 2. The number of halogens is 1. The average Bonchev–Trinajstić information content (AvgIpc) is 1.84. The van der Waals surface area contributed by atoms with Crippen LogP contribution in [-0.2, 0) is 19.1 Å². The van der Waals surface area contributed by atoms with Gasteiger partial charge in [0.25, 0.3) is 5.97 Å². The summed E-state index contributed by atoms with van der Waals surface area (Å²) in [6, 6.07) is 0. The van der Waals surface area contributed by atoms with Gasteiger partial charge in [0, 0.05) is 13.8 Å². The third kappa shape index (κ3) is 23.6. The zero-order valence-corrected chi connectivity index (χ0v) is 6.67. The molecular weight excluding hydrogens is 171 g/mol. The summed E-state index contributed by atoms with van der Waals surface area (Å²) in [4.78, 5) is 28.6. The summed E-state index contributed by atoms with van der Waals surface area (Å²) in [7, 11) is 0. The van der Waals surface area contributed by atoms with Crippen molar-refractivity contribution in [1.29, 1.82) is 0 Å². The van der Waals surface area contributed by atoms with Crippen LogP contribution in [0.2, 0.25) is 0 Å². The van der Waals surface area contributed by atoms with E-state index in [1.54, 1.807) is 0 Å². The van der Waals surface area contributed by atoms with Gasteiger partial charge < -0.3 is 9.84 Å². The first-order chi connectivity index (χ1) is 5.40. The fourth-order valence-electron chi connectivity index (χ4n) is 0.188. The highest BCUT2D eigenvalue weighted by molar-refractivity contribution is 5.84. The number of rotatable bonds is 1. The Hall–Kier alpha value is -1.46. The van der Waals surface area contributed by atoms with Crippen molar-refractivity contribution < 1.29 is 28.6 Å². The Morgan fingerprint density at radius 1 is 1.33 bits per heavy atom. The largest absolute Gasteiger partial charge is 0.481 e. The van der Waals surface area contributed by atoms with Crippen molar-refractivity contribution in [2.45, 2.75) is 13.8 Å². The summed E-state index contributed by atoms with van der Waals surface area (Å²) >= 11 is 0. The molecule has 0 spiro atoms. The van der Waals surface area contributed by atoms with Gasteiger partial charge in [0.15, 0.2) is 6.67 Å². The molecular formula is C6H9FO5. The summed E-state index contributed by atoms with van der Waals surface area (Å²) in [6.07, 6.45) is 0. The monoisotopic (exact) mass is 180 g/mol. The van der Waals surface area contributed by atoms with Crippen molar-refractivity contribution in [3.63, 3.8) is 0 Å². The Kier molecular flexibility index (Phi) is 8.38. The lowest BCUT2D eigenvalue weighted by Gasteiger charge is -1.90. The van der Waals surface area contributed by atoms with Gasteiger partial charge in [0.1, 0.15) is 0 Å². The molecule has 0 unspecified atom stereocenters. The number of aliphatic carboxylic acids is 1. The summed E-state index contributed by atoms with van der Waals surface area (Å²) < 4.78 is 14.9. The van der Waals surface area contributed by atoms with E-state index in [9.17, 15) is 14.0 Å². The van der Waals surface area contributed by atoms with E-state index < -0.39 is 24.6 Å². The summed E-state index contributed by atoms with van der Waals surface area (Å²) in [5.74, 6) is -2.76. The molecule has 0 fully saturated rings. The van der Waals surface area contributed by atoms with E-state index in [-0.39, 0.29) is 0 Å². The number of hydrogen-bond acceptors (Lipinski definition) is 4. The lowest BCUT2D eigenvalue weighted by molar-refractivity contribution is -0.158. The first-order valence-electron chi connectivity index (χ1n) is 2.87. The van der Waals surface area contributed by atoms with Gasteiger partial charge >= 0.3 is 11.9 Å². The lowest BCUT2D eigenvalue weighted by atomic mass is 10.7. The van der Waals surface area contributed by atoms with Gasteiger partial charge in [0.2, 0.25) is 0 Å². The Labute approximate surface area is 68.1 Å². The molecule has 0 aromatic heterocycles. The van der Waals surface area contributed by atoms with Crippen molar-refractivity contribution in [3.05, 3.63) is 0 Å². The van der Waals surface area contributed by atoms with Crippen LogP contribution >= 0.6 is 0 Å². The minimum atomic E-state index is -1.25. The van der Waals surface area contributed by atoms with Crippen LogP contribution in [0.3, 0.4) is 0 Å². The SMILES string of the molecule is CC(=O)O.CC(=O)OC(=O)CF. The van der Waals surface area contributed by atoms with Gasteiger partial charge in [-0.15, -0.1) is 0 Å². The van der Waals surface area contributed by atoms with E-state index in [0.29, 0.717) is 0 Å². The summed E-state index contributed by atoms with van der Waals surface area (Å²) in [5.41, 5.74) is 0. The Morgan fingerprint density at radius 2 is 1.67 bits per heavy atom. The number of ether oxygens (including phenoxy) is 1. The molecule has 0 saturated carbocycles. The second-order valence-electron chi connectivity index (χ2n) is 1.62. The molecule has 5 nitrogen and oxygen atoms in total. The number of carbonyl (C=O) groups is 3. The zero-order valence-electron chi connectivity index (χ0n) is 6.67. The number of carboxylic acids is 1. The predicted molar refractivity (Wildman–Crippen MR) is 36.1 cm³/mol. The highest BCUT2D eigenvalue weighted by Crippen LogP contribution is 1.78. The molecule has 0 aromatic rings. The molecule has 0 heterocycles. The first kappa shape index (κ1) is 13.2. The number of alkyl halides is 1. The highest BCUT2D eigenvalue weighted by Gasteiger charge is 2.02. The fourth-order valence-corrected chi connectivity index (χ4v) is 0.188. The maximum Gasteiger partial charge on any atom is 0.345 e. The van der Waals surface area contributed by atoms with E-state index in [1.165, 1.54) is 0 Å². The van der Waals surface area contributed by atoms with Gasteiger partial charge in [-0.25, -0.2) is 9.18 Å². The minimum Gasteiger partial charge on any atom is -0.481 e. The molecule has 1 N–H and O–H groups in total. The van der Waals surface area contributed by atoms with E-state index >= 15 is 0 Å². The molecule has 0 radical (unpaired) electrons. The van der Waals surface area contributed by atoms with Crippen LogP contribution in [-0.4, -0.2) is 29.7 Å². The molecule has 6 heteroatoms. The summed E-state index contributed by atoms with van der Waals surface area (Å²) in [5, 5.41) is 7.42. The Balaban J connectivity index is 0. The van der Waals surface area contributed by atoms with Crippen LogP contribution < -0.4 is 0 Å². The second-order valence-corrected chi connectivity index (χ2v) is 1.62. The van der Waals surface area contributed by atoms with Crippen LogP contribution in [0.25, 0.3) is 0 Å². The Morgan fingerprint density at radius 3 is 1.75 bits per heavy atom. The predicted octanol–water partition coefficient (Wildman–Crippen LogP) is 0.136. The Bertz CT molecular complexity index is 173. The van der Waals surface area contributed by atoms with Crippen molar-refractivity contribution in [3.8, 4) is 0 Å². The van der Waals surface area contributed by atoms with Gasteiger partial charge in [-0.1, -0.05) is 0 Å². The van der Waals surface area contributed by atoms with Crippen LogP contribution in [0.15, 0.2) is 0 Å². The number of carboxylic acid groups (broad SMARTS) is 1. The van der Waals surface area contributed by atoms with Crippen LogP contribution in [0.1, 0.15) is 13.8 Å². The van der Waals surface area contributed by atoms with Gasteiger partial charge in [-0.3, -0.25) is 9.59 Å². The van der Waals surface area contributed by atoms with E-state index in [4.69, 9.17) is 9.90 Å². The molecule has 0 amide bonds. The topological polar surface area (TPSA) is 80.7 Å². The maximum atomic E-state index is 11.1. The van der Waals surface area contributed by atoms with Crippen molar-refractivity contribution >= 4 is 17.9 Å². The van der Waals surface area contributed by atoms with Gasteiger partial charge in [0.05, 0.1) is 0 Å². The maximum absolute atomic E-state index is 11.1. The van der Waals surface area contributed by atoms with Crippen LogP contribution in [0.5, 0.6) is 0 Å². The smallest absolute Gasteiger partial charge is 0.345 e. The van der Waals surface area contributed by atoms with E-state index in [0.717, 1.165) is 13.8 Å². The molecule has 0 atom stereocenters. The zero-order chi connectivity index (χ0) is 10.1. The highest BCUT2D eigenvalue weighted by atomic mass is 19.1. The van der Waals surface area contributed by atoms with Gasteiger partial charge in [-0.05, 0) is 0 Å². The molecule has 0 bridgehead atoms. The van der Waals surface area contributed by atoms with Crippen molar-refractivity contribution in [2.24, 2.45) is 0 Å². The molecule has 70 valence electrons. The molecule has 12 heavy (non-hydrogen) atoms. The molecule has 0 saturated heterocycles. The second kappa shape index (κ2) is 7.64. The molecule has 0 aliphatic carbocycles. The number of hydrogen-bond donors (Lipinski definition) is 1. The van der Waals surface area contributed by atoms with Crippen molar-refractivity contribution in [2.75, 3.05) is 6.67 Å². The van der Waals surface area contributed by atoms with Crippen molar-refractivity contribution in [1.82, 2.24) is 0 Å². The van der Waals surface area contributed by atoms with Gasteiger partial charge in [-0.2, -0.15) is 0 Å². The molecule has 0 aromatic carbocycles. The number of carbonyl (C=O) groups excluding carboxylic acids is 2. The average molecular weight is 180 g/mol. The molecule has 0 aliphatic heterocycles.